The molecule has 4 rings (SSSR count). The fourth-order valence-corrected chi connectivity index (χ4v) is 5.60. The van der Waals surface area contributed by atoms with E-state index in [0.717, 1.165) is 5.39 Å². The topological polar surface area (TPSA) is 182 Å². The Morgan fingerprint density at radius 3 is 2.29 bits per heavy atom. The second-order valence-electron chi connectivity index (χ2n) is 12.4. The summed E-state index contributed by atoms with van der Waals surface area (Å²) < 4.78 is 5.50. The van der Waals surface area contributed by atoms with E-state index in [0.29, 0.717) is 23.8 Å². The third-order valence-electron chi connectivity index (χ3n) is 7.76. The van der Waals surface area contributed by atoms with E-state index < -0.39 is 65.2 Å². The SMILES string of the molecule is CC(C)(C)OC(=O)[C@@H]1CCCN1C(=O)C(O)[C@H](Cc1ccccc1)NC(=O)[C@@](N)(CC(N)=O)C(=O)c1cccc2ccccc12. The summed E-state index contributed by atoms with van der Waals surface area (Å²) in [6, 6.07) is 18.5. The molecule has 3 aromatic rings. The lowest BCUT2D eigenvalue weighted by molar-refractivity contribution is -0.165. The Bertz CT molecular complexity index is 1580. The maximum atomic E-state index is 14.0. The van der Waals surface area contributed by atoms with Gasteiger partial charge in [-0.1, -0.05) is 72.8 Å². The van der Waals surface area contributed by atoms with Gasteiger partial charge in [0.15, 0.2) is 17.4 Å². The highest BCUT2D eigenvalue weighted by Crippen LogP contribution is 2.26. The van der Waals surface area contributed by atoms with Crippen LogP contribution in [0.4, 0.5) is 0 Å². The number of nitrogens with zero attached hydrogens (tertiary/aromatic N) is 1. The van der Waals surface area contributed by atoms with Crippen molar-refractivity contribution in [3.05, 3.63) is 83.9 Å². The smallest absolute Gasteiger partial charge is 0.329 e. The van der Waals surface area contributed by atoms with Gasteiger partial charge < -0.3 is 31.5 Å². The quantitative estimate of drug-likeness (QED) is 0.143. The van der Waals surface area contributed by atoms with Crippen LogP contribution in [-0.2, 0) is 30.3 Å². The zero-order valence-electron chi connectivity index (χ0n) is 25.7. The summed E-state index contributed by atoms with van der Waals surface area (Å²) in [5.74, 6) is -4.30. The Kier molecular flexibility index (Phi) is 10.0. The normalized spacial score (nSPS) is 17.6. The van der Waals surface area contributed by atoms with Gasteiger partial charge in [-0.05, 0) is 56.4 Å². The van der Waals surface area contributed by atoms with Gasteiger partial charge in [0.05, 0.1) is 12.5 Å². The molecule has 6 N–H and O–H groups in total. The maximum Gasteiger partial charge on any atom is 0.329 e. The van der Waals surface area contributed by atoms with E-state index in [-0.39, 0.29) is 18.5 Å². The number of nitrogens with two attached hydrogens (primary N) is 2. The average molecular weight is 617 g/mol. The number of hydrogen-bond acceptors (Lipinski definition) is 8. The third kappa shape index (κ3) is 7.73. The Morgan fingerprint density at radius 2 is 1.62 bits per heavy atom. The third-order valence-corrected chi connectivity index (χ3v) is 7.76. The highest BCUT2D eigenvalue weighted by atomic mass is 16.6. The fourth-order valence-electron chi connectivity index (χ4n) is 5.60. The number of likely N-dealkylation sites (tertiary alicyclic amines) is 1. The van der Waals surface area contributed by atoms with Gasteiger partial charge in [-0.3, -0.25) is 19.2 Å². The number of ether oxygens (including phenoxy) is 1. The van der Waals surface area contributed by atoms with Crippen LogP contribution in [0.2, 0.25) is 0 Å². The van der Waals surface area contributed by atoms with Crippen molar-refractivity contribution in [2.45, 2.75) is 75.8 Å². The van der Waals surface area contributed by atoms with Crippen molar-refractivity contribution in [1.82, 2.24) is 10.2 Å². The Hall–Kier alpha value is -4.61. The second kappa shape index (κ2) is 13.6. The molecule has 1 aliphatic rings. The van der Waals surface area contributed by atoms with Crippen molar-refractivity contribution in [3.63, 3.8) is 0 Å². The first kappa shape index (κ1) is 33.3. The lowest BCUT2D eigenvalue weighted by atomic mass is 9.83. The van der Waals surface area contributed by atoms with E-state index in [2.05, 4.69) is 5.32 Å². The van der Waals surface area contributed by atoms with Crippen LogP contribution >= 0.6 is 0 Å². The number of nitrogens with one attached hydrogen (secondary N) is 1. The van der Waals surface area contributed by atoms with E-state index in [1.165, 1.54) is 11.0 Å². The molecule has 0 aromatic heterocycles. The summed E-state index contributed by atoms with van der Waals surface area (Å²) in [7, 11) is 0. The van der Waals surface area contributed by atoms with Gasteiger partial charge in [0.2, 0.25) is 11.8 Å². The standard InChI is InChI=1S/C34H40N4O7/c1-33(2,3)45-31(43)26-17-10-18-38(26)30(42)28(40)25(19-21-11-5-4-6-12-21)37-32(44)34(36,20-27(35)39)29(41)24-16-9-14-22-13-7-8-15-23(22)24/h4-9,11-16,25-26,28,40H,10,17-20,36H2,1-3H3,(H2,35,39)(H,37,44)/t25-,26-,28?,34+/m0/s1. The molecular formula is C34H40N4O7. The number of benzene rings is 3. The minimum Gasteiger partial charge on any atom is -0.458 e. The first-order chi connectivity index (χ1) is 21.2. The number of primary amides is 1. The summed E-state index contributed by atoms with van der Waals surface area (Å²) in [4.78, 5) is 68.0. The van der Waals surface area contributed by atoms with Crippen LogP contribution in [-0.4, -0.2) is 75.4 Å². The van der Waals surface area contributed by atoms with Gasteiger partial charge in [0.25, 0.3) is 5.91 Å². The van der Waals surface area contributed by atoms with E-state index in [9.17, 15) is 29.1 Å². The Morgan fingerprint density at radius 1 is 0.978 bits per heavy atom. The summed E-state index contributed by atoms with van der Waals surface area (Å²) in [6.07, 6.45) is -1.81. The molecule has 1 unspecified atom stereocenters. The zero-order chi connectivity index (χ0) is 32.9. The molecule has 0 bridgehead atoms. The number of aliphatic hydroxyl groups excluding tert-OH is 1. The minimum absolute atomic E-state index is 0.0282. The lowest BCUT2D eigenvalue weighted by Crippen LogP contribution is -2.65. The first-order valence-corrected chi connectivity index (χ1v) is 14.9. The van der Waals surface area contributed by atoms with E-state index in [4.69, 9.17) is 16.2 Å². The minimum atomic E-state index is -2.46. The number of rotatable bonds is 11. The van der Waals surface area contributed by atoms with Crippen molar-refractivity contribution in [2.75, 3.05) is 6.54 Å². The van der Waals surface area contributed by atoms with Crippen LogP contribution in [0.15, 0.2) is 72.8 Å². The van der Waals surface area contributed by atoms with Crippen LogP contribution in [0.25, 0.3) is 10.8 Å². The molecule has 1 fully saturated rings. The van der Waals surface area contributed by atoms with Crippen molar-refractivity contribution in [1.29, 1.82) is 0 Å². The molecule has 4 atom stereocenters. The molecule has 11 heteroatoms. The first-order valence-electron chi connectivity index (χ1n) is 14.9. The maximum absolute atomic E-state index is 14.0. The number of amides is 3. The molecule has 0 spiro atoms. The van der Waals surface area contributed by atoms with E-state index in [1.54, 1.807) is 87.5 Å². The summed E-state index contributed by atoms with van der Waals surface area (Å²) in [5, 5.41) is 15.3. The van der Waals surface area contributed by atoms with Crippen molar-refractivity contribution >= 4 is 40.2 Å². The highest BCUT2D eigenvalue weighted by Gasteiger charge is 2.47. The van der Waals surface area contributed by atoms with Crippen LogP contribution in [0.3, 0.4) is 0 Å². The van der Waals surface area contributed by atoms with Gasteiger partial charge in [0, 0.05) is 12.1 Å². The van der Waals surface area contributed by atoms with Gasteiger partial charge >= 0.3 is 5.97 Å². The number of esters is 1. The average Bonchev–Trinajstić information content (AvgIpc) is 3.49. The number of ketones is 1. The molecule has 1 heterocycles. The summed E-state index contributed by atoms with van der Waals surface area (Å²) in [5.41, 5.74) is 9.48. The van der Waals surface area contributed by atoms with Crippen LogP contribution in [0, 0.1) is 0 Å². The molecule has 0 aliphatic carbocycles. The van der Waals surface area contributed by atoms with Crippen LogP contribution in [0.5, 0.6) is 0 Å². The number of Topliss-reactive ketones (excluding diaryl/α,β-unsaturated/α-hetero) is 1. The lowest BCUT2D eigenvalue weighted by Gasteiger charge is -2.33. The van der Waals surface area contributed by atoms with Crippen LogP contribution < -0.4 is 16.8 Å². The molecule has 11 nitrogen and oxygen atoms in total. The van der Waals surface area contributed by atoms with Gasteiger partial charge in [0.1, 0.15) is 11.6 Å². The van der Waals surface area contributed by atoms with Crippen molar-refractivity contribution in [2.24, 2.45) is 11.5 Å². The second-order valence-corrected chi connectivity index (χ2v) is 12.4. The molecule has 238 valence electrons. The number of hydrogen-bond donors (Lipinski definition) is 4. The molecular weight excluding hydrogens is 576 g/mol. The number of aliphatic hydroxyl groups is 1. The number of fused-ring (bicyclic) bond motifs is 1. The molecule has 1 aliphatic heterocycles. The van der Waals surface area contributed by atoms with Gasteiger partial charge in [-0.15, -0.1) is 0 Å². The molecule has 1 saturated heterocycles. The summed E-state index contributed by atoms with van der Waals surface area (Å²) in [6.45, 7) is 5.36. The monoisotopic (exact) mass is 616 g/mol. The largest absolute Gasteiger partial charge is 0.458 e. The van der Waals surface area contributed by atoms with Crippen molar-refractivity contribution in [3.8, 4) is 0 Å². The molecule has 0 saturated carbocycles. The number of carbonyl (C=O) groups is 5. The predicted octanol–water partition coefficient (Wildman–Crippen LogP) is 2.02. The zero-order valence-corrected chi connectivity index (χ0v) is 25.7. The molecule has 3 aromatic carbocycles. The molecule has 45 heavy (non-hydrogen) atoms. The Balaban J connectivity index is 1.66. The molecule has 0 radical (unpaired) electrons. The molecule has 3 amide bonds. The summed E-state index contributed by atoms with van der Waals surface area (Å²) >= 11 is 0. The number of carbonyl (C=O) groups excluding carboxylic acids is 5. The Labute approximate surface area is 261 Å². The fraction of sp³-hybridized carbons (Fsp3) is 0.382. The van der Waals surface area contributed by atoms with Crippen LogP contribution in [0.1, 0.15) is 56.0 Å². The predicted molar refractivity (Wildman–Crippen MR) is 168 cm³/mol. The van der Waals surface area contributed by atoms with E-state index >= 15 is 0 Å². The van der Waals surface area contributed by atoms with E-state index in [1.807, 2.05) is 0 Å². The highest BCUT2D eigenvalue weighted by molar-refractivity contribution is 6.23. The van der Waals surface area contributed by atoms with Crippen molar-refractivity contribution < 1.29 is 33.8 Å². The van der Waals surface area contributed by atoms with Gasteiger partial charge in [-0.25, -0.2) is 4.79 Å². The van der Waals surface area contributed by atoms with Gasteiger partial charge in [-0.2, -0.15) is 0 Å².